The largest absolute Gasteiger partial charge is 0.466 e. The molecule has 0 amide bonds. The Morgan fingerprint density at radius 2 is 1.81 bits per heavy atom. The van der Waals surface area contributed by atoms with Crippen molar-refractivity contribution in [1.29, 1.82) is 0 Å². The zero-order chi connectivity index (χ0) is 16.2. The quantitative estimate of drug-likeness (QED) is 0.777. The highest BCUT2D eigenvalue weighted by atomic mass is 16.6. The minimum atomic E-state index is -0.527. The summed E-state index contributed by atoms with van der Waals surface area (Å²) >= 11 is 0. The molecule has 0 radical (unpaired) electrons. The number of esters is 2. The zero-order valence-corrected chi connectivity index (χ0v) is 13.6. The number of hydrogen-bond acceptors (Lipinski definition) is 5. The summed E-state index contributed by atoms with van der Waals surface area (Å²) in [7, 11) is 0. The van der Waals surface area contributed by atoms with Crippen molar-refractivity contribution in [3.05, 3.63) is 17.0 Å². The first-order chi connectivity index (χ1) is 9.64. The van der Waals surface area contributed by atoms with Gasteiger partial charge in [0, 0.05) is 11.3 Å². The van der Waals surface area contributed by atoms with Crippen LogP contribution in [-0.4, -0.2) is 33.9 Å². The van der Waals surface area contributed by atoms with Crippen LogP contribution in [0.5, 0.6) is 0 Å². The maximum absolute atomic E-state index is 11.9. The lowest BCUT2D eigenvalue weighted by Gasteiger charge is -2.19. The molecule has 118 valence electrons. The van der Waals surface area contributed by atoms with Crippen LogP contribution < -0.4 is 0 Å². The van der Waals surface area contributed by atoms with Crippen molar-refractivity contribution >= 4 is 11.9 Å². The highest BCUT2D eigenvalue weighted by Crippen LogP contribution is 2.15. The molecule has 0 N–H and O–H groups in total. The third kappa shape index (κ3) is 5.21. The molecule has 6 nitrogen and oxygen atoms in total. The van der Waals surface area contributed by atoms with E-state index in [1.807, 2.05) is 34.6 Å². The van der Waals surface area contributed by atoms with Gasteiger partial charge in [-0.05, 0) is 41.5 Å². The van der Waals surface area contributed by atoms with Gasteiger partial charge in [0.25, 0.3) is 0 Å². The third-order valence-electron chi connectivity index (χ3n) is 2.86. The second kappa shape index (κ2) is 6.74. The lowest BCUT2D eigenvalue weighted by atomic mass is 10.1. The SMILES string of the molecule is CCOC(=O)Cc1c(C)nn(CC(=O)OC(C)(C)C)c1C. The van der Waals surface area contributed by atoms with E-state index in [2.05, 4.69) is 5.10 Å². The first-order valence-electron chi connectivity index (χ1n) is 7.04. The maximum Gasteiger partial charge on any atom is 0.328 e. The van der Waals surface area contributed by atoms with Crippen LogP contribution in [0, 0.1) is 13.8 Å². The van der Waals surface area contributed by atoms with Gasteiger partial charge in [0.15, 0.2) is 0 Å². The minimum absolute atomic E-state index is 0.0345. The molecule has 1 heterocycles. The van der Waals surface area contributed by atoms with Gasteiger partial charge in [0.05, 0.1) is 18.7 Å². The van der Waals surface area contributed by atoms with Gasteiger partial charge in [0.1, 0.15) is 12.1 Å². The summed E-state index contributed by atoms with van der Waals surface area (Å²) in [6, 6.07) is 0. The molecule has 1 aromatic heterocycles. The van der Waals surface area contributed by atoms with Gasteiger partial charge in [0.2, 0.25) is 0 Å². The standard InChI is InChI=1S/C15H24N2O4/c1-7-20-13(18)8-12-10(2)16-17(11(12)3)9-14(19)21-15(4,5)6/h7-9H2,1-6H3. The number of carbonyl (C=O) groups excluding carboxylic acids is 2. The van der Waals surface area contributed by atoms with E-state index in [1.54, 1.807) is 11.6 Å². The number of ether oxygens (including phenoxy) is 2. The normalized spacial score (nSPS) is 11.3. The van der Waals surface area contributed by atoms with Crippen LogP contribution in [0.2, 0.25) is 0 Å². The van der Waals surface area contributed by atoms with Crippen LogP contribution in [0.3, 0.4) is 0 Å². The van der Waals surface area contributed by atoms with E-state index in [0.717, 1.165) is 17.0 Å². The Kier molecular flexibility index (Phi) is 5.52. The van der Waals surface area contributed by atoms with E-state index in [-0.39, 0.29) is 24.9 Å². The van der Waals surface area contributed by atoms with Gasteiger partial charge in [-0.15, -0.1) is 0 Å². The molecule has 0 fully saturated rings. The van der Waals surface area contributed by atoms with E-state index in [9.17, 15) is 9.59 Å². The molecule has 0 aromatic carbocycles. The van der Waals surface area contributed by atoms with Gasteiger partial charge in [-0.3, -0.25) is 14.3 Å². The molecule has 0 saturated heterocycles. The summed E-state index contributed by atoms with van der Waals surface area (Å²) in [5, 5.41) is 4.30. The number of aromatic nitrogens is 2. The number of carbonyl (C=O) groups is 2. The molecular weight excluding hydrogens is 272 g/mol. The van der Waals surface area contributed by atoms with E-state index in [0.29, 0.717) is 6.61 Å². The van der Waals surface area contributed by atoms with Crippen molar-refractivity contribution in [2.24, 2.45) is 0 Å². The fourth-order valence-electron chi connectivity index (χ4n) is 2.00. The fraction of sp³-hybridized carbons (Fsp3) is 0.667. The van der Waals surface area contributed by atoms with Crippen molar-refractivity contribution in [2.75, 3.05) is 6.61 Å². The Morgan fingerprint density at radius 3 is 2.33 bits per heavy atom. The van der Waals surface area contributed by atoms with Gasteiger partial charge < -0.3 is 9.47 Å². The number of rotatable bonds is 5. The summed E-state index contributed by atoms with van der Waals surface area (Å²) in [6.07, 6.45) is 0.166. The van der Waals surface area contributed by atoms with Crippen LogP contribution in [0.15, 0.2) is 0 Å². The summed E-state index contributed by atoms with van der Waals surface area (Å²) in [6.45, 7) is 11.3. The Balaban J connectivity index is 2.82. The fourth-order valence-corrected chi connectivity index (χ4v) is 2.00. The second-order valence-electron chi connectivity index (χ2n) is 5.88. The molecule has 1 rings (SSSR count). The topological polar surface area (TPSA) is 70.4 Å². The van der Waals surface area contributed by atoms with Gasteiger partial charge in [-0.25, -0.2) is 0 Å². The number of aryl methyl sites for hydroxylation is 1. The van der Waals surface area contributed by atoms with E-state index in [4.69, 9.17) is 9.47 Å². The number of hydrogen-bond donors (Lipinski definition) is 0. The lowest BCUT2D eigenvalue weighted by molar-refractivity contribution is -0.155. The average molecular weight is 296 g/mol. The zero-order valence-electron chi connectivity index (χ0n) is 13.6. The second-order valence-corrected chi connectivity index (χ2v) is 5.88. The molecule has 0 aliphatic heterocycles. The average Bonchev–Trinajstić information content (AvgIpc) is 2.54. The van der Waals surface area contributed by atoms with Crippen molar-refractivity contribution < 1.29 is 19.1 Å². The van der Waals surface area contributed by atoms with Gasteiger partial charge >= 0.3 is 11.9 Å². The van der Waals surface area contributed by atoms with Crippen molar-refractivity contribution in [1.82, 2.24) is 9.78 Å². The van der Waals surface area contributed by atoms with Crippen LogP contribution in [0.25, 0.3) is 0 Å². The monoisotopic (exact) mass is 296 g/mol. The van der Waals surface area contributed by atoms with E-state index >= 15 is 0 Å². The Morgan fingerprint density at radius 1 is 1.19 bits per heavy atom. The molecule has 0 aliphatic rings. The highest BCUT2D eigenvalue weighted by molar-refractivity contribution is 5.73. The molecule has 0 unspecified atom stereocenters. The van der Waals surface area contributed by atoms with Gasteiger partial charge in [-0.1, -0.05) is 0 Å². The number of nitrogens with zero attached hydrogens (tertiary/aromatic N) is 2. The third-order valence-corrected chi connectivity index (χ3v) is 2.86. The predicted octanol–water partition coefficient (Wildman–Crippen LogP) is 1.95. The first-order valence-corrected chi connectivity index (χ1v) is 7.04. The summed E-state index contributed by atoms with van der Waals surface area (Å²) < 4.78 is 11.8. The van der Waals surface area contributed by atoms with Gasteiger partial charge in [-0.2, -0.15) is 5.10 Å². The molecule has 0 bridgehead atoms. The van der Waals surface area contributed by atoms with Crippen LogP contribution in [0.1, 0.15) is 44.6 Å². The maximum atomic E-state index is 11.9. The van der Waals surface area contributed by atoms with Crippen molar-refractivity contribution in [3.8, 4) is 0 Å². The molecule has 0 atom stereocenters. The molecule has 21 heavy (non-hydrogen) atoms. The molecule has 0 saturated carbocycles. The molecule has 0 aliphatic carbocycles. The lowest BCUT2D eigenvalue weighted by Crippen LogP contribution is -2.27. The molecule has 0 spiro atoms. The minimum Gasteiger partial charge on any atom is -0.466 e. The molecule has 1 aromatic rings. The van der Waals surface area contributed by atoms with E-state index < -0.39 is 5.60 Å². The van der Waals surface area contributed by atoms with Crippen LogP contribution >= 0.6 is 0 Å². The van der Waals surface area contributed by atoms with Crippen molar-refractivity contribution in [2.45, 2.75) is 60.1 Å². The molecule has 6 heteroatoms. The smallest absolute Gasteiger partial charge is 0.328 e. The first kappa shape index (κ1) is 17.2. The Hall–Kier alpha value is -1.85. The Labute approximate surface area is 125 Å². The molecular formula is C15H24N2O4. The summed E-state index contributed by atoms with van der Waals surface area (Å²) in [5.74, 6) is -0.642. The Bertz CT molecular complexity index is 527. The highest BCUT2D eigenvalue weighted by Gasteiger charge is 2.20. The predicted molar refractivity (Wildman–Crippen MR) is 77.9 cm³/mol. The van der Waals surface area contributed by atoms with E-state index in [1.165, 1.54) is 0 Å². The van der Waals surface area contributed by atoms with Crippen molar-refractivity contribution in [3.63, 3.8) is 0 Å². The summed E-state index contributed by atoms with van der Waals surface area (Å²) in [4.78, 5) is 23.4. The van der Waals surface area contributed by atoms with Crippen LogP contribution in [-0.2, 0) is 32.0 Å². The summed E-state index contributed by atoms with van der Waals surface area (Å²) in [5.41, 5.74) is 1.79. The van der Waals surface area contributed by atoms with Crippen LogP contribution in [0.4, 0.5) is 0 Å².